The molecule has 1 unspecified atom stereocenters. The van der Waals surface area contributed by atoms with Gasteiger partial charge in [0.25, 0.3) is 0 Å². The van der Waals surface area contributed by atoms with Gasteiger partial charge in [0.2, 0.25) is 0 Å². The van der Waals surface area contributed by atoms with Crippen molar-refractivity contribution in [1.29, 1.82) is 0 Å². The Labute approximate surface area is 150 Å². The number of H-pyrrole nitrogens is 1. The Morgan fingerprint density at radius 2 is 2.04 bits per heavy atom. The van der Waals surface area contributed by atoms with Crippen LogP contribution < -0.4 is 10.6 Å². The standard InChI is InChI=1S/C19H31N5O/c1-19(2,3)16(25-5)13-22-18(20-4)21-12-8-11-17-23-14-9-6-7-10-15(14)24-17/h6-7,9-10,16H,8,11-13H2,1-5H3,(H,23,24)(H2,20,21,22). The molecule has 0 aliphatic heterocycles. The summed E-state index contributed by atoms with van der Waals surface area (Å²) < 4.78 is 5.56. The molecule has 0 amide bonds. The zero-order valence-corrected chi connectivity index (χ0v) is 16.0. The number of guanidine groups is 1. The second-order valence-electron chi connectivity index (χ2n) is 7.27. The monoisotopic (exact) mass is 345 g/mol. The molecule has 0 aliphatic rings. The molecule has 1 atom stereocenters. The number of nitrogens with one attached hydrogen (secondary N) is 3. The minimum atomic E-state index is 0.0852. The zero-order valence-electron chi connectivity index (χ0n) is 16.0. The van der Waals surface area contributed by atoms with E-state index in [0.717, 1.165) is 48.7 Å². The van der Waals surface area contributed by atoms with E-state index in [1.165, 1.54) is 0 Å². The Balaban J connectivity index is 1.73. The van der Waals surface area contributed by atoms with Gasteiger partial charge < -0.3 is 20.4 Å². The van der Waals surface area contributed by atoms with Crippen LogP contribution in [0.15, 0.2) is 29.3 Å². The number of aryl methyl sites for hydroxylation is 1. The maximum Gasteiger partial charge on any atom is 0.191 e. The number of aromatic amines is 1. The van der Waals surface area contributed by atoms with Gasteiger partial charge in [0.05, 0.1) is 17.1 Å². The summed E-state index contributed by atoms with van der Waals surface area (Å²) in [6.07, 6.45) is 2.01. The van der Waals surface area contributed by atoms with Crippen LogP contribution in [-0.2, 0) is 11.2 Å². The lowest BCUT2D eigenvalue weighted by atomic mass is 9.89. The van der Waals surface area contributed by atoms with Crippen molar-refractivity contribution in [2.45, 2.75) is 39.7 Å². The van der Waals surface area contributed by atoms with E-state index in [1.54, 1.807) is 14.2 Å². The molecule has 0 saturated heterocycles. The van der Waals surface area contributed by atoms with Crippen LogP contribution in [-0.4, -0.2) is 49.3 Å². The van der Waals surface area contributed by atoms with Gasteiger partial charge in [-0.1, -0.05) is 32.9 Å². The van der Waals surface area contributed by atoms with Gasteiger partial charge in [-0.3, -0.25) is 4.99 Å². The summed E-state index contributed by atoms with van der Waals surface area (Å²) in [6, 6.07) is 8.11. The number of imidazole rings is 1. The van der Waals surface area contributed by atoms with E-state index < -0.39 is 0 Å². The summed E-state index contributed by atoms with van der Waals surface area (Å²) >= 11 is 0. The summed E-state index contributed by atoms with van der Waals surface area (Å²) in [5, 5.41) is 6.68. The summed E-state index contributed by atoms with van der Waals surface area (Å²) in [5.74, 6) is 1.83. The first-order valence-electron chi connectivity index (χ1n) is 8.85. The van der Waals surface area contributed by atoms with E-state index in [9.17, 15) is 0 Å². The van der Waals surface area contributed by atoms with Crippen molar-refractivity contribution in [2.75, 3.05) is 27.2 Å². The van der Waals surface area contributed by atoms with E-state index in [-0.39, 0.29) is 11.5 Å². The van der Waals surface area contributed by atoms with Gasteiger partial charge in [0.15, 0.2) is 5.96 Å². The van der Waals surface area contributed by atoms with Crippen LogP contribution in [0, 0.1) is 5.41 Å². The maximum absolute atomic E-state index is 5.56. The number of methoxy groups -OCH3 is 1. The number of ether oxygens (including phenoxy) is 1. The summed E-state index contributed by atoms with van der Waals surface area (Å²) in [4.78, 5) is 12.2. The van der Waals surface area contributed by atoms with Crippen molar-refractivity contribution in [1.82, 2.24) is 20.6 Å². The number of para-hydroxylation sites is 2. The molecule has 0 bridgehead atoms. The molecule has 0 aliphatic carbocycles. The van der Waals surface area contributed by atoms with Crippen LogP contribution in [0.4, 0.5) is 0 Å². The van der Waals surface area contributed by atoms with Gasteiger partial charge in [0, 0.05) is 33.7 Å². The molecule has 0 radical (unpaired) electrons. The Bertz CT molecular complexity index is 653. The minimum absolute atomic E-state index is 0.0852. The molecule has 0 spiro atoms. The average molecular weight is 345 g/mol. The Morgan fingerprint density at radius 1 is 1.28 bits per heavy atom. The van der Waals surface area contributed by atoms with E-state index in [2.05, 4.69) is 52.4 Å². The van der Waals surface area contributed by atoms with E-state index >= 15 is 0 Å². The number of rotatable bonds is 7. The predicted octanol–water partition coefficient (Wildman–Crippen LogP) is 2.72. The van der Waals surface area contributed by atoms with Crippen LogP contribution in [0.25, 0.3) is 11.0 Å². The number of fused-ring (bicyclic) bond motifs is 1. The highest BCUT2D eigenvalue weighted by Crippen LogP contribution is 2.20. The fourth-order valence-corrected chi connectivity index (χ4v) is 2.74. The van der Waals surface area contributed by atoms with Crippen LogP contribution in [0.1, 0.15) is 33.0 Å². The molecular formula is C19H31N5O. The van der Waals surface area contributed by atoms with E-state index in [4.69, 9.17) is 4.74 Å². The lowest BCUT2D eigenvalue weighted by Gasteiger charge is -2.30. The summed E-state index contributed by atoms with van der Waals surface area (Å²) in [7, 11) is 3.54. The highest BCUT2D eigenvalue weighted by Gasteiger charge is 2.24. The lowest BCUT2D eigenvalue weighted by molar-refractivity contribution is 0.0205. The van der Waals surface area contributed by atoms with Gasteiger partial charge in [-0.25, -0.2) is 4.98 Å². The molecular weight excluding hydrogens is 314 g/mol. The highest BCUT2D eigenvalue weighted by atomic mass is 16.5. The van der Waals surface area contributed by atoms with Crippen molar-refractivity contribution >= 4 is 17.0 Å². The third kappa shape index (κ3) is 5.74. The fraction of sp³-hybridized carbons (Fsp3) is 0.579. The fourth-order valence-electron chi connectivity index (χ4n) is 2.74. The molecule has 25 heavy (non-hydrogen) atoms. The highest BCUT2D eigenvalue weighted by molar-refractivity contribution is 5.79. The zero-order chi connectivity index (χ0) is 18.3. The second kappa shape index (κ2) is 8.85. The number of aromatic nitrogens is 2. The molecule has 6 nitrogen and oxygen atoms in total. The van der Waals surface area contributed by atoms with Gasteiger partial charge in [-0.05, 0) is 24.0 Å². The Kier molecular flexibility index (Phi) is 6.82. The number of aliphatic imine (C=N–C) groups is 1. The molecule has 3 N–H and O–H groups in total. The largest absolute Gasteiger partial charge is 0.379 e. The van der Waals surface area contributed by atoms with Crippen LogP contribution in [0.5, 0.6) is 0 Å². The SMILES string of the molecule is CN=C(NCCCc1nc2ccccc2[nH]1)NCC(OC)C(C)(C)C. The maximum atomic E-state index is 5.56. The summed E-state index contributed by atoms with van der Waals surface area (Å²) in [6.45, 7) is 8.08. The topological polar surface area (TPSA) is 74.3 Å². The van der Waals surface area contributed by atoms with Gasteiger partial charge in [-0.2, -0.15) is 0 Å². The molecule has 6 heteroatoms. The first kappa shape index (κ1) is 19.2. The third-order valence-corrected chi connectivity index (χ3v) is 4.25. The molecule has 1 aromatic heterocycles. The molecule has 0 saturated carbocycles. The number of benzene rings is 1. The van der Waals surface area contributed by atoms with Gasteiger partial charge >= 0.3 is 0 Å². The average Bonchev–Trinajstić information content (AvgIpc) is 2.98. The Hall–Kier alpha value is -2.08. The first-order chi connectivity index (χ1) is 11.9. The third-order valence-electron chi connectivity index (χ3n) is 4.25. The molecule has 1 heterocycles. The normalized spacial score (nSPS) is 13.9. The van der Waals surface area contributed by atoms with Gasteiger partial charge in [0.1, 0.15) is 5.82 Å². The quantitative estimate of drug-likeness (QED) is 0.410. The van der Waals surface area contributed by atoms with E-state index in [0.29, 0.717) is 0 Å². The lowest BCUT2D eigenvalue weighted by Crippen LogP contribution is -2.45. The molecule has 138 valence electrons. The van der Waals surface area contributed by atoms with Crippen molar-refractivity contribution < 1.29 is 4.74 Å². The van der Waals surface area contributed by atoms with Crippen LogP contribution in [0.3, 0.4) is 0 Å². The Morgan fingerprint density at radius 3 is 2.68 bits per heavy atom. The summed E-state index contributed by atoms with van der Waals surface area (Å²) in [5.41, 5.74) is 2.20. The number of nitrogens with zero attached hydrogens (tertiary/aromatic N) is 2. The van der Waals surface area contributed by atoms with Crippen LogP contribution >= 0.6 is 0 Å². The first-order valence-corrected chi connectivity index (χ1v) is 8.85. The molecule has 2 rings (SSSR count). The van der Waals surface area contributed by atoms with Crippen LogP contribution in [0.2, 0.25) is 0 Å². The van der Waals surface area contributed by atoms with Crippen molar-refractivity contribution in [3.8, 4) is 0 Å². The van der Waals surface area contributed by atoms with Gasteiger partial charge in [-0.15, -0.1) is 0 Å². The molecule has 2 aromatic rings. The molecule has 1 aromatic carbocycles. The van der Waals surface area contributed by atoms with E-state index in [1.807, 2.05) is 18.2 Å². The predicted molar refractivity (Wildman–Crippen MR) is 104 cm³/mol. The number of hydrogen-bond donors (Lipinski definition) is 3. The van der Waals surface area contributed by atoms with Crippen molar-refractivity contribution in [2.24, 2.45) is 10.4 Å². The van der Waals surface area contributed by atoms with Crippen molar-refractivity contribution in [3.63, 3.8) is 0 Å². The smallest absolute Gasteiger partial charge is 0.191 e. The van der Waals surface area contributed by atoms with Crippen molar-refractivity contribution in [3.05, 3.63) is 30.1 Å². The minimum Gasteiger partial charge on any atom is -0.379 e. The second-order valence-corrected chi connectivity index (χ2v) is 7.27. The molecule has 0 fully saturated rings. The number of hydrogen-bond acceptors (Lipinski definition) is 3.